The summed E-state index contributed by atoms with van der Waals surface area (Å²) >= 11 is 7.64. The molecule has 0 unspecified atom stereocenters. The lowest BCUT2D eigenvalue weighted by molar-refractivity contribution is -0.127. The number of thioether (sulfide) groups is 1. The van der Waals surface area contributed by atoms with Gasteiger partial charge in [-0.15, -0.1) is 10.2 Å². The fourth-order valence-corrected chi connectivity index (χ4v) is 3.99. The number of halogens is 1. The number of carbonyl (C=O) groups excluding carboxylic acids is 1. The second kappa shape index (κ2) is 8.80. The van der Waals surface area contributed by atoms with Crippen molar-refractivity contribution in [3.05, 3.63) is 64.2 Å². The Morgan fingerprint density at radius 2 is 1.93 bits per heavy atom. The van der Waals surface area contributed by atoms with Crippen LogP contribution in [0.1, 0.15) is 16.7 Å². The number of hydrogen-bond donors (Lipinski definition) is 0. The Morgan fingerprint density at radius 1 is 1.18 bits per heavy atom. The van der Waals surface area contributed by atoms with E-state index in [1.165, 1.54) is 22.9 Å². The zero-order valence-corrected chi connectivity index (χ0v) is 18.0. The normalized spacial score (nSPS) is 10.9. The maximum atomic E-state index is 12.6. The molecule has 1 aromatic heterocycles. The zero-order chi connectivity index (χ0) is 20.3. The predicted octanol–water partition coefficient (Wildman–Crippen LogP) is 4.50. The summed E-state index contributed by atoms with van der Waals surface area (Å²) in [5.74, 6) is 1.03. The molecule has 146 valence electrons. The third kappa shape index (κ3) is 4.56. The van der Waals surface area contributed by atoms with E-state index in [0.717, 1.165) is 11.1 Å². The van der Waals surface area contributed by atoms with E-state index in [4.69, 9.17) is 11.6 Å². The summed E-state index contributed by atoms with van der Waals surface area (Å²) in [5, 5.41) is 9.77. The van der Waals surface area contributed by atoms with Gasteiger partial charge in [0.1, 0.15) is 0 Å². The first-order chi connectivity index (χ1) is 13.4. The smallest absolute Gasteiger partial charge is 0.233 e. The molecule has 1 amide bonds. The number of nitrogens with zero attached hydrogens (tertiary/aromatic N) is 4. The minimum atomic E-state index is 0.0484. The molecule has 0 fully saturated rings. The fraction of sp³-hybridized carbons (Fsp3) is 0.286. The Morgan fingerprint density at radius 3 is 2.64 bits per heavy atom. The van der Waals surface area contributed by atoms with Gasteiger partial charge in [0.2, 0.25) is 5.91 Å². The van der Waals surface area contributed by atoms with E-state index in [9.17, 15) is 4.79 Å². The van der Waals surface area contributed by atoms with Crippen LogP contribution in [0.25, 0.3) is 11.4 Å². The van der Waals surface area contributed by atoms with Gasteiger partial charge in [0.25, 0.3) is 0 Å². The van der Waals surface area contributed by atoms with Gasteiger partial charge >= 0.3 is 0 Å². The molecule has 0 radical (unpaired) electrons. The van der Waals surface area contributed by atoms with E-state index >= 15 is 0 Å². The number of aryl methyl sites for hydroxylation is 2. The molecule has 0 spiro atoms. The lowest BCUT2D eigenvalue weighted by Gasteiger charge is -2.18. The van der Waals surface area contributed by atoms with Crippen LogP contribution in [0.2, 0.25) is 5.02 Å². The Hall–Kier alpha value is -2.31. The number of carbonyl (C=O) groups is 1. The van der Waals surface area contributed by atoms with Crippen LogP contribution in [-0.4, -0.2) is 38.4 Å². The highest BCUT2D eigenvalue weighted by Gasteiger charge is 2.16. The Bertz CT molecular complexity index is 1000. The first-order valence-corrected chi connectivity index (χ1v) is 10.3. The van der Waals surface area contributed by atoms with Crippen molar-refractivity contribution >= 4 is 29.3 Å². The monoisotopic (exact) mass is 414 g/mol. The van der Waals surface area contributed by atoms with Crippen LogP contribution in [0.5, 0.6) is 0 Å². The second-order valence-electron chi connectivity index (χ2n) is 6.81. The molecule has 1 heterocycles. The van der Waals surface area contributed by atoms with Crippen LogP contribution in [0.15, 0.2) is 47.6 Å². The van der Waals surface area contributed by atoms with Crippen LogP contribution in [0, 0.1) is 13.8 Å². The maximum Gasteiger partial charge on any atom is 0.233 e. The summed E-state index contributed by atoms with van der Waals surface area (Å²) in [6.07, 6.45) is 0. The molecule has 0 bridgehead atoms. The lowest BCUT2D eigenvalue weighted by Crippen LogP contribution is -2.28. The quantitative estimate of drug-likeness (QED) is 0.557. The number of aromatic nitrogens is 3. The highest BCUT2D eigenvalue weighted by Crippen LogP contribution is 2.28. The summed E-state index contributed by atoms with van der Waals surface area (Å²) in [7, 11) is 3.71. The van der Waals surface area contributed by atoms with Gasteiger partial charge in [-0.2, -0.15) is 0 Å². The van der Waals surface area contributed by atoms with E-state index in [1.54, 1.807) is 4.90 Å². The van der Waals surface area contributed by atoms with E-state index in [1.807, 2.05) is 42.9 Å². The average Bonchev–Trinajstić information content (AvgIpc) is 3.02. The molecule has 0 saturated carbocycles. The minimum absolute atomic E-state index is 0.0484. The third-order valence-corrected chi connectivity index (χ3v) is 5.94. The van der Waals surface area contributed by atoms with Crippen LogP contribution in [-0.2, 0) is 18.4 Å². The van der Waals surface area contributed by atoms with Crippen LogP contribution < -0.4 is 0 Å². The van der Waals surface area contributed by atoms with Gasteiger partial charge in [-0.3, -0.25) is 4.79 Å². The molecule has 0 aliphatic carbocycles. The first kappa shape index (κ1) is 20.4. The van der Waals surface area contributed by atoms with Gasteiger partial charge in [-0.05, 0) is 37.1 Å². The van der Waals surface area contributed by atoms with Gasteiger partial charge in [0, 0.05) is 26.2 Å². The molecule has 5 nitrogen and oxygen atoms in total. The van der Waals surface area contributed by atoms with Crippen LogP contribution in [0.4, 0.5) is 0 Å². The lowest BCUT2D eigenvalue weighted by atomic mass is 10.1. The molecule has 0 saturated heterocycles. The highest BCUT2D eigenvalue weighted by molar-refractivity contribution is 7.99. The minimum Gasteiger partial charge on any atom is -0.341 e. The molecule has 3 rings (SSSR count). The molecular formula is C21H23ClN4OS. The largest absolute Gasteiger partial charge is 0.341 e. The van der Waals surface area contributed by atoms with Gasteiger partial charge in [0.15, 0.2) is 11.0 Å². The molecule has 0 atom stereocenters. The Kier molecular flexibility index (Phi) is 6.42. The second-order valence-corrected chi connectivity index (χ2v) is 8.16. The van der Waals surface area contributed by atoms with Crippen molar-refractivity contribution in [2.75, 3.05) is 12.8 Å². The van der Waals surface area contributed by atoms with Crippen molar-refractivity contribution < 1.29 is 4.79 Å². The summed E-state index contributed by atoms with van der Waals surface area (Å²) in [6, 6.07) is 13.8. The van der Waals surface area contributed by atoms with Crippen molar-refractivity contribution in [1.29, 1.82) is 0 Å². The molecule has 2 aromatic carbocycles. The van der Waals surface area contributed by atoms with Crippen molar-refractivity contribution in [3.8, 4) is 11.4 Å². The average molecular weight is 415 g/mol. The van der Waals surface area contributed by atoms with Gasteiger partial charge < -0.3 is 9.47 Å². The predicted molar refractivity (Wildman–Crippen MR) is 115 cm³/mol. The Labute approximate surface area is 174 Å². The van der Waals surface area contributed by atoms with E-state index in [-0.39, 0.29) is 5.91 Å². The SMILES string of the molecule is Cc1ccc(CN(C)C(=O)CSc2nnc(-c3ccccc3Cl)n2C)c(C)c1. The van der Waals surface area contributed by atoms with Gasteiger partial charge in [-0.25, -0.2) is 0 Å². The molecule has 0 aliphatic rings. The topological polar surface area (TPSA) is 51.0 Å². The van der Waals surface area contributed by atoms with Crippen molar-refractivity contribution in [1.82, 2.24) is 19.7 Å². The van der Waals surface area contributed by atoms with Crippen molar-refractivity contribution in [3.63, 3.8) is 0 Å². The first-order valence-electron chi connectivity index (χ1n) is 8.94. The maximum absolute atomic E-state index is 12.6. The third-order valence-electron chi connectivity index (χ3n) is 4.61. The number of hydrogen-bond acceptors (Lipinski definition) is 4. The van der Waals surface area contributed by atoms with Crippen LogP contribution in [0.3, 0.4) is 0 Å². The molecule has 0 aliphatic heterocycles. The number of rotatable bonds is 6. The van der Waals surface area contributed by atoms with Crippen LogP contribution >= 0.6 is 23.4 Å². The number of amides is 1. The highest BCUT2D eigenvalue weighted by atomic mass is 35.5. The van der Waals surface area contributed by atoms with Gasteiger partial charge in [-0.1, -0.05) is 59.3 Å². The number of benzene rings is 2. The molecular weight excluding hydrogens is 392 g/mol. The summed E-state index contributed by atoms with van der Waals surface area (Å²) in [5.41, 5.74) is 4.41. The molecule has 7 heteroatoms. The summed E-state index contributed by atoms with van der Waals surface area (Å²) < 4.78 is 1.86. The van der Waals surface area contributed by atoms with E-state index in [0.29, 0.717) is 28.3 Å². The standard InChI is InChI=1S/C21H23ClN4OS/c1-14-9-10-16(15(2)11-14)12-25(3)19(27)13-28-21-24-23-20(26(21)4)17-7-5-6-8-18(17)22/h5-11H,12-13H2,1-4H3. The molecule has 28 heavy (non-hydrogen) atoms. The molecule has 3 aromatic rings. The Balaban J connectivity index is 1.64. The van der Waals surface area contributed by atoms with Crippen molar-refractivity contribution in [2.24, 2.45) is 7.05 Å². The fourth-order valence-electron chi connectivity index (χ4n) is 2.92. The van der Waals surface area contributed by atoms with E-state index < -0.39 is 0 Å². The zero-order valence-electron chi connectivity index (χ0n) is 16.4. The van der Waals surface area contributed by atoms with E-state index in [2.05, 4.69) is 42.2 Å². The summed E-state index contributed by atoms with van der Waals surface area (Å²) in [6.45, 7) is 4.74. The molecule has 0 N–H and O–H groups in total. The van der Waals surface area contributed by atoms with Gasteiger partial charge in [0.05, 0.1) is 10.8 Å². The van der Waals surface area contributed by atoms with Crippen molar-refractivity contribution in [2.45, 2.75) is 25.5 Å². The summed E-state index contributed by atoms with van der Waals surface area (Å²) in [4.78, 5) is 14.3.